The lowest BCUT2D eigenvalue weighted by Gasteiger charge is -2.41. The van der Waals surface area contributed by atoms with Gasteiger partial charge in [0.15, 0.2) is 0 Å². The maximum Gasteiger partial charge on any atom is 0.246 e. The number of amides is 2. The van der Waals surface area contributed by atoms with Gasteiger partial charge in [-0.15, -0.1) is 5.10 Å². The largest absolute Gasteiger partial charge is 0.327 e. The summed E-state index contributed by atoms with van der Waals surface area (Å²) in [6, 6.07) is 7.15. The number of piperazine rings is 1. The summed E-state index contributed by atoms with van der Waals surface area (Å²) in [5.41, 5.74) is 0.800. The number of aromatic nitrogens is 4. The lowest BCUT2D eigenvalue weighted by molar-refractivity contribution is -0.140. The first-order valence-corrected chi connectivity index (χ1v) is 9.02. The number of unbranched alkanes of at least 4 members (excludes halogenated alkanes) is 1. The molecule has 1 aromatic carbocycles. The van der Waals surface area contributed by atoms with E-state index in [1.54, 1.807) is 21.9 Å². The molecule has 2 heterocycles. The number of benzene rings is 1. The zero-order valence-corrected chi connectivity index (χ0v) is 15.3. The predicted molar refractivity (Wildman–Crippen MR) is 96.6 cm³/mol. The van der Waals surface area contributed by atoms with Crippen molar-refractivity contribution in [1.29, 1.82) is 0 Å². The van der Waals surface area contributed by atoms with Crippen LogP contribution >= 0.6 is 11.6 Å². The molecule has 0 spiro atoms. The van der Waals surface area contributed by atoms with E-state index in [0.29, 0.717) is 11.6 Å². The molecule has 2 aromatic rings. The van der Waals surface area contributed by atoms with Gasteiger partial charge in [0, 0.05) is 17.3 Å². The van der Waals surface area contributed by atoms with Gasteiger partial charge in [-0.25, -0.2) is 4.68 Å². The summed E-state index contributed by atoms with van der Waals surface area (Å²) in [6.45, 7) is 2.67. The van der Waals surface area contributed by atoms with E-state index in [1.165, 1.54) is 11.0 Å². The van der Waals surface area contributed by atoms with Crippen molar-refractivity contribution in [3.63, 3.8) is 0 Å². The van der Waals surface area contributed by atoms with Gasteiger partial charge in [-0.05, 0) is 41.1 Å². The zero-order valence-electron chi connectivity index (χ0n) is 14.6. The molecule has 1 saturated heterocycles. The molecule has 0 N–H and O–H groups in total. The molecule has 1 atom stereocenters. The van der Waals surface area contributed by atoms with Crippen LogP contribution in [0.3, 0.4) is 0 Å². The van der Waals surface area contributed by atoms with Crippen molar-refractivity contribution >= 4 is 29.1 Å². The Morgan fingerprint density at radius 3 is 2.73 bits per heavy atom. The molecule has 1 aliphatic heterocycles. The van der Waals surface area contributed by atoms with Crippen LogP contribution in [0, 0.1) is 0 Å². The minimum Gasteiger partial charge on any atom is -0.327 e. The molecule has 8 nitrogen and oxygen atoms in total. The molecule has 0 saturated carbocycles. The van der Waals surface area contributed by atoms with Crippen LogP contribution in [-0.2, 0) is 16.1 Å². The summed E-state index contributed by atoms with van der Waals surface area (Å²) in [5.74, 6) is -0.257. The first-order valence-electron chi connectivity index (χ1n) is 8.64. The van der Waals surface area contributed by atoms with Crippen LogP contribution in [0.1, 0.15) is 26.2 Å². The number of anilines is 1. The Labute approximate surface area is 156 Å². The minimum atomic E-state index is -0.150. The molecule has 0 radical (unpaired) electrons. The van der Waals surface area contributed by atoms with E-state index in [0.717, 1.165) is 24.9 Å². The van der Waals surface area contributed by atoms with Crippen molar-refractivity contribution in [2.24, 2.45) is 0 Å². The van der Waals surface area contributed by atoms with Crippen molar-refractivity contribution in [2.45, 2.75) is 38.8 Å². The van der Waals surface area contributed by atoms with Crippen molar-refractivity contribution < 1.29 is 9.59 Å². The van der Waals surface area contributed by atoms with E-state index < -0.39 is 0 Å². The van der Waals surface area contributed by atoms with Crippen molar-refractivity contribution in [1.82, 2.24) is 25.1 Å². The Hall–Kier alpha value is -2.48. The third-order valence-electron chi connectivity index (χ3n) is 4.48. The molecule has 138 valence electrons. The lowest BCUT2D eigenvalue weighted by Crippen LogP contribution is -2.58. The predicted octanol–water partition coefficient (Wildman–Crippen LogP) is 1.76. The molecule has 26 heavy (non-hydrogen) atoms. The van der Waals surface area contributed by atoms with Crippen LogP contribution in [0.15, 0.2) is 30.6 Å². The van der Waals surface area contributed by atoms with E-state index >= 15 is 0 Å². The fourth-order valence-corrected chi connectivity index (χ4v) is 3.23. The summed E-state index contributed by atoms with van der Waals surface area (Å²) in [6.07, 6.45) is 4.25. The second kappa shape index (κ2) is 8.27. The Morgan fingerprint density at radius 2 is 2.08 bits per heavy atom. The van der Waals surface area contributed by atoms with E-state index in [9.17, 15) is 9.59 Å². The highest BCUT2D eigenvalue weighted by atomic mass is 35.5. The van der Waals surface area contributed by atoms with Gasteiger partial charge >= 0.3 is 0 Å². The number of tetrazole rings is 1. The van der Waals surface area contributed by atoms with E-state index in [1.807, 2.05) is 12.1 Å². The van der Waals surface area contributed by atoms with Crippen molar-refractivity contribution in [2.75, 3.05) is 18.0 Å². The first kappa shape index (κ1) is 18.3. The highest BCUT2D eigenvalue weighted by molar-refractivity contribution is 6.30. The topological polar surface area (TPSA) is 84.2 Å². The van der Waals surface area contributed by atoms with E-state index in [-0.39, 0.29) is 30.9 Å². The second-order valence-corrected chi connectivity index (χ2v) is 6.74. The molecule has 2 amide bonds. The van der Waals surface area contributed by atoms with Gasteiger partial charge in [0.1, 0.15) is 19.4 Å². The SMILES string of the molecule is CCCC[C@H]1CN(c2ccc(Cl)cc2)C(=O)CN1C(=O)Cn1cnnn1. The molecule has 1 aliphatic rings. The van der Waals surface area contributed by atoms with Gasteiger partial charge in [-0.3, -0.25) is 9.59 Å². The fourth-order valence-electron chi connectivity index (χ4n) is 3.10. The molecule has 9 heteroatoms. The molecule has 1 fully saturated rings. The third kappa shape index (κ3) is 4.19. The van der Waals surface area contributed by atoms with Gasteiger partial charge in [-0.1, -0.05) is 31.4 Å². The number of carbonyl (C=O) groups is 2. The summed E-state index contributed by atoms with van der Waals surface area (Å²) < 4.78 is 1.37. The van der Waals surface area contributed by atoms with Crippen LogP contribution in [0.2, 0.25) is 5.02 Å². The molecule has 3 rings (SSSR count). The molecular formula is C17H21ClN6O2. The number of carbonyl (C=O) groups excluding carboxylic acids is 2. The zero-order chi connectivity index (χ0) is 18.5. The average Bonchev–Trinajstić information content (AvgIpc) is 3.14. The molecule has 0 unspecified atom stereocenters. The van der Waals surface area contributed by atoms with Gasteiger partial charge in [0.25, 0.3) is 0 Å². The molecule has 0 aliphatic carbocycles. The molecular weight excluding hydrogens is 356 g/mol. The number of nitrogens with zero attached hydrogens (tertiary/aromatic N) is 6. The second-order valence-electron chi connectivity index (χ2n) is 6.31. The smallest absolute Gasteiger partial charge is 0.246 e. The lowest BCUT2D eigenvalue weighted by atomic mass is 10.0. The Morgan fingerprint density at radius 1 is 1.31 bits per heavy atom. The van der Waals surface area contributed by atoms with Crippen LogP contribution in [0.5, 0.6) is 0 Å². The monoisotopic (exact) mass is 376 g/mol. The van der Waals surface area contributed by atoms with Crippen molar-refractivity contribution in [3.05, 3.63) is 35.6 Å². The van der Waals surface area contributed by atoms with Crippen LogP contribution in [0.25, 0.3) is 0 Å². The summed E-state index contributed by atoms with van der Waals surface area (Å²) in [4.78, 5) is 28.8. The van der Waals surface area contributed by atoms with Gasteiger partial charge < -0.3 is 9.80 Å². The summed E-state index contributed by atoms with van der Waals surface area (Å²) in [5, 5.41) is 11.4. The van der Waals surface area contributed by atoms with Crippen LogP contribution in [0.4, 0.5) is 5.69 Å². The highest BCUT2D eigenvalue weighted by Gasteiger charge is 2.35. The number of rotatable bonds is 6. The van der Waals surface area contributed by atoms with Crippen LogP contribution < -0.4 is 4.90 Å². The molecule has 1 aromatic heterocycles. The standard InChI is InChI=1S/C17H21ClN6O2/c1-2-3-4-15-9-23(14-7-5-13(18)6-8-14)17(26)11-24(15)16(25)10-22-12-19-20-21-22/h5-8,12,15H,2-4,9-11H2,1H3/t15-/m0/s1. The summed E-state index contributed by atoms with van der Waals surface area (Å²) >= 11 is 5.94. The van der Waals surface area contributed by atoms with Gasteiger partial charge in [-0.2, -0.15) is 0 Å². The third-order valence-corrected chi connectivity index (χ3v) is 4.73. The number of hydrogen-bond acceptors (Lipinski definition) is 5. The Balaban J connectivity index is 1.76. The quantitative estimate of drug-likeness (QED) is 0.767. The fraction of sp³-hybridized carbons (Fsp3) is 0.471. The Bertz CT molecular complexity index is 749. The maximum atomic E-state index is 12.7. The van der Waals surface area contributed by atoms with Crippen molar-refractivity contribution in [3.8, 4) is 0 Å². The first-order chi connectivity index (χ1) is 12.6. The van der Waals surface area contributed by atoms with E-state index in [2.05, 4.69) is 22.4 Å². The Kier molecular flexibility index (Phi) is 5.82. The van der Waals surface area contributed by atoms with Crippen LogP contribution in [-0.4, -0.2) is 56.1 Å². The van der Waals surface area contributed by atoms with E-state index in [4.69, 9.17) is 11.6 Å². The maximum absolute atomic E-state index is 12.7. The normalized spacial score (nSPS) is 17.6. The van der Waals surface area contributed by atoms with Gasteiger partial charge in [0.05, 0.1) is 6.04 Å². The summed E-state index contributed by atoms with van der Waals surface area (Å²) in [7, 11) is 0. The highest BCUT2D eigenvalue weighted by Crippen LogP contribution is 2.24. The average molecular weight is 377 g/mol. The minimum absolute atomic E-state index is 0.0316. The number of hydrogen-bond donors (Lipinski definition) is 0. The molecule has 0 bridgehead atoms. The van der Waals surface area contributed by atoms with Gasteiger partial charge in [0.2, 0.25) is 11.8 Å². The number of halogens is 1.